The van der Waals surface area contributed by atoms with Gasteiger partial charge < -0.3 is 5.32 Å². The minimum Gasteiger partial charge on any atom is -0.310 e. The van der Waals surface area contributed by atoms with Gasteiger partial charge in [-0.2, -0.15) is 0 Å². The van der Waals surface area contributed by atoms with Crippen LogP contribution in [-0.4, -0.2) is 6.54 Å². The summed E-state index contributed by atoms with van der Waals surface area (Å²) in [6, 6.07) is 13.6. The molecule has 0 spiro atoms. The Morgan fingerprint density at radius 1 is 1.19 bits per heavy atom. The minimum absolute atomic E-state index is 0.0594. The van der Waals surface area contributed by atoms with Gasteiger partial charge >= 0.3 is 0 Å². The molecule has 0 bridgehead atoms. The number of aryl methyl sites for hydroxylation is 1. The third-order valence-corrected chi connectivity index (χ3v) is 4.19. The Labute approximate surface area is 131 Å². The van der Waals surface area contributed by atoms with Crippen LogP contribution < -0.4 is 5.32 Å². The summed E-state index contributed by atoms with van der Waals surface area (Å²) in [5, 5.41) is 3.96. The Balaban J connectivity index is 2.42. The maximum absolute atomic E-state index is 13.6. The number of likely N-dealkylation sites (N-methyl/N-ethyl adjacent to an activating group) is 1. The second kappa shape index (κ2) is 7.06. The van der Waals surface area contributed by atoms with Gasteiger partial charge in [0.05, 0.1) is 0 Å². The molecule has 1 nitrogen and oxygen atoms in total. The van der Waals surface area contributed by atoms with Crippen molar-refractivity contribution in [3.05, 3.63) is 70.0 Å². The highest BCUT2D eigenvalue weighted by Crippen LogP contribution is 2.35. The van der Waals surface area contributed by atoms with Crippen molar-refractivity contribution in [1.29, 1.82) is 0 Å². The first-order chi connectivity index (χ1) is 10.0. The summed E-state index contributed by atoms with van der Waals surface area (Å²) < 4.78 is 13.6. The normalized spacial score (nSPS) is 14.0. The van der Waals surface area contributed by atoms with Gasteiger partial charge in [-0.1, -0.05) is 61.8 Å². The first-order valence-electron chi connectivity index (χ1n) is 7.28. The van der Waals surface area contributed by atoms with E-state index in [1.54, 1.807) is 6.92 Å². The average Bonchev–Trinajstić information content (AvgIpc) is 2.49. The minimum atomic E-state index is -0.258. The molecule has 112 valence electrons. The van der Waals surface area contributed by atoms with Gasteiger partial charge in [0.1, 0.15) is 5.82 Å². The van der Waals surface area contributed by atoms with Crippen molar-refractivity contribution in [1.82, 2.24) is 5.32 Å². The molecule has 2 aromatic rings. The number of benzene rings is 2. The molecule has 0 fully saturated rings. The van der Waals surface area contributed by atoms with Crippen LogP contribution in [0, 0.1) is 12.7 Å². The van der Waals surface area contributed by atoms with E-state index in [-0.39, 0.29) is 17.8 Å². The van der Waals surface area contributed by atoms with Gasteiger partial charge in [0.2, 0.25) is 0 Å². The van der Waals surface area contributed by atoms with Crippen molar-refractivity contribution in [2.45, 2.75) is 32.7 Å². The van der Waals surface area contributed by atoms with Crippen LogP contribution in [0.4, 0.5) is 4.39 Å². The van der Waals surface area contributed by atoms with Crippen LogP contribution in [0.1, 0.15) is 42.5 Å². The number of halogens is 2. The van der Waals surface area contributed by atoms with Crippen LogP contribution in [0.15, 0.2) is 42.5 Å². The zero-order valence-electron chi connectivity index (χ0n) is 12.7. The molecule has 0 heterocycles. The highest BCUT2D eigenvalue weighted by Gasteiger charge is 2.23. The molecule has 3 heteroatoms. The Kier molecular flexibility index (Phi) is 5.38. The molecule has 2 rings (SSSR count). The summed E-state index contributed by atoms with van der Waals surface area (Å²) in [5.41, 5.74) is 2.81. The van der Waals surface area contributed by atoms with Gasteiger partial charge in [0.15, 0.2) is 0 Å². The molecule has 0 radical (unpaired) electrons. The lowest BCUT2D eigenvalue weighted by Crippen LogP contribution is -2.26. The van der Waals surface area contributed by atoms with Gasteiger partial charge in [-0.25, -0.2) is 4.39 Å². The second-order valence-corrected chi connectivity index (χ2v) is 5.76. The maximum atomic E-state index is 13.6. The molecule has 0 aliphatic rings. The molecular weight excluding hydrogens is 285 g/mol. The number of nitrogens with one attached hydrogen (secondary N) is 1. The van der Waals surface area contributed by atoms with Crippen LogP contribution in [0.3, 0.4) is 0 Å². The van der Waals surface area contributed by atoms with Crippen LogP contribution in [0.25, 0.3) is 0 Å². The Morgan fingerprint density at radius 3 is 2.48 bits per heavy atom. The molecule has 21 heavy (non-hydrogen) atoms. The maximum Gasteiger partial charge on any atom is 0.127 e. The third kappa shape index (κ3) is 3.63. The van der Waals surface area contributed by atoms with Gasteiger partial charge in [0, 0.05) is 17.0 Å². The molecule has 0 amide bonds. The van der Waals surface area contributed by atoms with Gasteiger partial charge in [0.25, 0.3) is 0 Å². The predicted molar refractivity (Wildman–Crippen MR) is 87.4 cm³/mol. The molecule has 1 N–H and O–H groups in total. The monoisotopic (exact) mass is 305 g/mol. The molecule has 0 aliphatic carbocycles. The Hall–Kier alpha value is -1.38. The molecular formula is C18H21ClFN. The van der Waals surface area contributed by atoms with Crippen molar-refractivity contribution in [3.8, 4) is 0 Å². The lowest BCUT2D eigenvalue weighted by Gasteiger charge is -2.27. The van der Waals surface area contributed by atoms with Crippen LogP contribution >= 0.6 is 11.6 Å². The molecule has 0 saturated carbocycles. The second-order valence-electron chi connectivity index (χ2n) is 5.36. The van der Waals surface area contributed by atoms with Gasteiger partial charge in [-0.05, 0) is 36.2 Å². The molecule has 2 atom stereocenters. The summed E-state index contributed by atoms with van der Waals surface area (Å²) in [7, 11) is 0. The molecule has 2 unspecified atom stereocenters. The van der Waals surface area contributed by atoms with E-state index in [1.807, 2.05) is 24.3 Å². The topological polar surface area (TPSA) is 12.0 Å². The number of hydrogen-bond donors (Lipinski definition) is 1. The van der Waals surface area contributed by atoms with Crippen molar-refractivity contribution >= 4 is 11.6 Å². The quantitative estimate of drug-likeness (QED) is 0.796. The van der Waals surface area contributed by atoms with E-state index in [1.165, 1.54) is 11.6 Å². The van der Waals surface area contributed by atoms with Crippen LogP contribution in [0.2, 0.25) is 5.02 Å². The van der Waals surface area contributed by atoms with Gasteiger partial charge in [-0.3, -0.25) is 0 Å². The average molecular weight is 306 g/mol. The summed E-state index contributed by atoms with van der Waals surface area (Å²) in [6.45, 7) is 6.83. The third-order valence-electron chi connectivity index (χ3n) is 3.86. The Morgan fingerprint density at radius 2 is 1.86 bits per heavy atom. The van der Waals surface area contributed by atoms with Gasteiger partial charge in [-0.15, -0.1) is 0 Å². The summed E-state index contributed by atoms with van der Waals surface area (Å²) >= 11 is 6.28. The zero-order chi connectivity index (χ0) is 15.4. The van der Waals surface area contributed by atoms with Crippen molar-refractivity contribution in [2.24, 2.45) is 0 Å². The van der Waals surface area contributed by atoms with E-state index < -0.39 is 0 Å². The summed E-state index contributed by atoms with van der Waals surface area (Å²) in [5.74, 6) is -0.0140. The van der Waals surface area contributed by atoms with Crippen molar-refractivity contribution in [2.75, 3.05) is 6.54 Å². The summed E-state index contributed by atoms with van der Waals surface area (Å²) in [4.78, 5) is 0. The first-order valence-corrected chi connectivity index (χ1v) is 7.66. The smallest absolute Gasteiger partial charge is 0.127 e. The fourth-order valence-electron chi connectivity index (χ4n) is 2.64. The molecule has 0 aromatic heterocycles. The molecule has 0 saturated heterocycles. The molecule has 0 aliphatic heterocycles. The fraction of sp³-hybridized carbons (Fsp3) is 0.333. The van der Waals surface area contributed by atoms with E-state index in [4.69, 9.17) is 11.6 Å². The van der Waals surface area contributed by atoms with Crippen LogP contribution in [-0.2, 0) is 0 Å². The highest BCUT2D eigenvalue weighted by atomic mass is 35.5. The van der Waals surface area contributed by atoms with E-state index >= 15 is 0 Å². The van der Waals surface area contributed by atoms with Crippen molar-refractivity contribution in [3.63, 3.8) is 0 Å². The SMILES string of the molecule is CCNC(c1cc(C)c(F)cc1Cl)C(C)c1ccccc1. The largest absolute Gasteiger partial charge is 0.310 e. The number of rotatable bonds is 5. The Bertz CT molecular complexity index is 598. The van der Waals surface area contributed by atoms with E-state index in [0.29, 0.717) is 10.6 Å². The van der Waals surface area contributed by atoms with E-state index in [9.17, 15) is 4.39 Å². The molecule has 2 aromatic carbocycles. The van der Waals surface area contributed by atoms with E-state index in [0.717, 1.165) is 12.1 Å². The lowest BCUT2D eigenvalue weighted by atomic mass is 9.88. The first kappa shape index (κ1) is 16.0. The van der Waals surface area contributed by atoms with E-state index in [2.05, 4.69) is 31.3 Å². The standard InChI is InChI=1S/C18H21ClFN/c1-4-21-18(13(3)14-8-6-5-7-9-14)15-10-12(2)17(20)11-16(15)19/h5-11,13,18,21H,4H2,1-3H3. The van der Waals surface area contributed by atoms with Crippen LogP contribution in [0.5, 0.6) is 0 Å². The zero-order valence-corrected chi connectivity index (χ0v) is 13.4. The predicted octanol–water partition coefficient (Wildman–Crippen LogP) is 5.24. The summed E-state index contributed by atoms with van der Waals surface area (Å²) in [6.07, 6.45) is 0. The lowest BCUT2D eigenvalue weighted by molar-refractivity contribution is 0.478. The number of hydrogen-bond acceptors (Lipinski definition) is 1. The van der Waals surface area contributed by atoms with Crippen molar-refractivity contribution < 1.29 is 4.39 Å². The fourth-order valence-corrected chi connectivity index (χ4v) is 2.91. The highest BCUT2D eigenvalue weighted by molar-refractivity contribution is 6.31.